The van der Waals surface area contributed by atoms with Crippen LogP contribution < -0.4 is 0 Å². The van der Waals surface area contributed by atoms with E-state index in [1.165, 1.54) is 30.5 Å². The van der Waals surface area contributed by atoms with Gasteiger partial charge in [-0.25, -0.2) is 4.98 Å². The number of aromatic nitrogens is 2. The average Bonchev–Trinajstić information content (AvgIpc) is 2.89. The Hall–Kier alpha value is -1.61. The first-order valence-corrected chi connectivity index (χ1v) is 7.03. The molecule has 0 saturated carbocycles. The summed E-state index contributed by atoms with van der Waals surface area (Å²) >= 11 is 0. The van der Waals surface area contributed by atoms with Crippen LogP contribution in [-0.2, 0) is 0 Å². The molecular formula is C16H21N3. The van der Waals surface area contributed by atoms with E-state index in [0.717, 1.165) is 18.1 Å². The van der Waals surface area contributed by atoms with Gasteiger partial charge in [0.2, 0.25) is 0 Å². The van der Waals surface area contributed by atoms with E-state index in [2.05, 4.69) is 53.1 Å². The fourth-order valence-electron chi connectivity index (χ4n) is 2.81. The Balaban J connectivity index is 1.81. The number of nitrogens with one attached hydrogen (secondary N) is 1. The first kappa shape index (κ1) is 12.4. The van der Waals surface area contributed by atoms with E-state index in [0.29, 0.717) is 5.92 Å². The van der Waals surface area contributed by atoms with Crippen LogP contribution in [-0.4, -0.2) is 35.0 Å². The van der Waals surface area contributed by atoms with E-state index < -0.39 is 0 Å². The first-order chi connectivity index (χ1) is 9.22. The zero-order valence-electron chi connectivity index (χ0n) is 11.7. The smallest absolute Gasteiger partial charge is 0.110 e. The van der Waals surface area contributed by atoms with Gasteiger partial charge in [0.1, 0.15) is 5.82 Å². The summed E-state index contributed by atoms with van der Waals surface area (Å²) in [5.41, 5.74) is 3.63. The van der Waals surface area contributed by atoms with Crippen LogP contribution in [0.1, 0.15) is 30.1 Å². The quantitative estimate of drug-likeness (QED) is 0.893. The van der Waals surface area contributed by atoms with E-state index >= 15 is 0 Å². The number of likely N-dealkylation sites (tertiary alicyclic amines) is 1. The summed E-state index contributed by atoms with van der Waals surface area (Å²) in [4.78, 5) is 10.5. The molecule has 1 fully saturated rings. The third-order valence-corrected chi connectivity index (χ3v) is 3.97. The van der Waals surface area contributed by atoms with Gasteiger partial charge in [0.05, 0.1) is 11.9 Å². The average molecular weight is 255 g/mol. The Morgan fingerprint density at radius 3 is 2.79 bits per heavy atom. The van der Waals surface area contributed by atoms with Gasteiger partial charge in [-0.3, -0.25) is 0 Å². The van der Waals surface area contributed by atoms with Crippen molar-refractivity contribution in [2.45, 2.75) is 25.7 Å². The molecule has 0 amide bonds. The van der Waals surface area contributed by atoms with Gasteiger partial charge < -0.3 is 9.88 Å². The zero-order valence-corrected chi connectivity index (χ0v) is 11.7. The van der Waals surface area contributed by atoms with Crippen LogP contribution in [0.5, 0.6) is 0 Å². The van der Waals surface area contributed by atoms with Crippen molar-refractivity contribution in [3.63, 3.8) is 0 Å². The molecule has 1 aromatic carbocycles. The van der Waals surface area contributed by atoms with E-state index in [1.54, 1.807) is 0 Å². The fourth-order valence-corrected chi connectivity index (χ4v) is 2.81. The number of benzene rings is 1. The van der Waals surface area contributed by atoms with Gasteiger partial charge >= 0.3 is 0 Å². The molecule has 3 rings (SSSR count). The predicted molar refractivity (Wildman–Crippen MR) is 78.2 cm³/mol. The molecule has 2 aromatic rings. The topological polar surface area (TPSA) is 31.9 Å². The minimum atomic E-state index is 0.554. The monoisotopic (exact) mass is 255 g/mol. The van der Waals surface area contributed by atoms with Gasteiger partial charge in [-0.2, -0.15) is 0 Å². The lowest BCUT2D eigenvalue weighted by Crippen LogP contribution is -2.31. The SMILES string of the molecule is Cc1ccc(-c2cnc(C3CCCN(C)C3)[nH]2)cc1. The number of nitrogens with zero attached hydrogens (tertiary/aromatic N) is 2. The first-order valence-electron chi connectivity index (χ1n) is 7.03. The summed E-state index contributed by atoms with van der Waals surface area (Å²) in [5, 5.41) is 0. The molecule has 0 radical (unpaired) electrons. The Bertz CT molecular complexity index is 541. The predicted octanol–water partition coefficient (Wildman–Crippen LogP) is 3.19. The van der Waals surface area contributed by atoms with Gasteiger partial charge in [0.15, 0.2) is 0 Å². The molecule has 0 bridgehead atoms. The molecule has 0 aliphatic carbocycles. The highest BCUT2D eigenvalue weighted by molar-refractivity contribution is 5.58. The molecule has 19 heavy (non-hydrogen) atoms. The van der Waals surface area contributed by atoms with Crippen LogP contribution in [0.4, 0.5) is 0 Å². The van der Waals surface area contributed by atoms with Crippen molar-refractivity contribution >= 4 is 0 Å². The van der Waals surface area contributed by atoms with Crippen LogP contribution in [0.15, 0.2) is 30.5 Å². The summed E-state index contributed by atoms with van der Waals surface area (Å²) in [6.45, 7) is 4.43. The number of rotatable bonds is 2. The number of hydrogen-bond donors (Lipinski definition) is 1. The lowest BCUT2D eigenvalue weighted by atomic mass is 9.98. The second kappa shape index (κ2) is 5.17. The Morgan fingerprint density at radius 1 is 1.26 bits per heavy atom. The van der Waals surface area contributed by atoms with Crippen molar-refractivity contribution in [2.75, 3.05) is 20.1 Å². The number of piperidine rings is 1. The molecule has 1 saturated heterocycles. The summed E-state index contributed by atoms with van der Waals surface area (Å²) < 4.78 is 0. The third-order valence-electron chi connectivity index (χ3n) is 3.97. The van der Waals surface area contributed by atoms with Gasteiger partial charge in [0.25, 0.3) is 0 Å². The van der Waals surface area contributed by atoms with Crippen LogP contribution in [0.2, 0.25) is 0 Å². The second-order valence-corrected chi connectivity index (χ2v) is 5.65. The summed E-state index contributed by atoms with van der Waals surface area (Å²) in [5.74, 6) is 1.69. The molecule has 1 N–H and O–H groups in total. The molecule has 1 aliphatic heterocycles. The summed E-state index contributed by atoms with van der Waals surface area (Å²) in [6.07, 6.45) is 4.47. The maximum Gasteiger partial charge on any atom is 0.110 e. The van der Waals surface area contributed by atoms with Crippen LogP contribution in [0.25, 0.3) is 11.3 Å². The molecule has 3 nitrogen and oxygen atoms in total. The minimum absolute atomic E-state index is 0.554. The molecule has 2 heterocycles. The van der Waals surface area contributed by atoms with Gasteiger partial charge in [-0.1, -0.05) is 29.8 Å². The van der Waals surface area contributed by atoms with Gasteiger partial charge in [-0.05, 0) is 38.9 Å². The summed E-state index contributed by atoms with van der Waals surface area (Å²) in [6, 6.07) is 8.59. The number of H-pyrrole nitrogens is 1. The van der Waals surface area contributed by atoms with E-state index in [-0.39, 0.29) is 0 Å². The lowest BCUT2D eigenvalue weighted by molar-refractivity contribution is 0.246. The molecule has 1 aromatic heterocycles. The van der Waals surface area contributed by atoms with Gasteiger partial charge in [-0.15, -0.1) is 0 Å². The Labute approximate surface area is 114 Å². The zero-order chi connectivity index (χ0) is 13.2. The Morgan fingerprint density at radius 2 is 2.05 bits per heavy atom. The number of imidazole rings is 1. The van der Waals surface area contributed by atoms with Crippen molar-refractivity contribution in [1.82, 2.24) is 14.9 Å². The van der Waals surface area contributed by atoms with E-state index in [4.69, 9.17) is 0 Å². The molecule has 1 atom stereocenters. The van der Waals surface area contributed by atoms with Crippen molar-refractivity contribution < 1.29 is 0 Å². The lowest BCUT2D eigenvalue weighted by Gasteiger charge is -2.28. The third kappa shape index (κ3) is 2.71. The molecule has 3 heteroatoms. The molecular weight excluding hydrogens is 234 g/mol. The van der Waals surface area contributed by atoms with Crippen LogP contribution >= 0.6 is 0 Å². The van der Waals surface area contributed by atoms with Crippen molar-refractivity contribution in [1.29, 1.82) is 0 Å². The number of likely N-dealkylation sites (N-methyl/N-ethyl adjacent to an activating group) is 1. The Kier molecular flexibility index (Phi) is 3.38. The van der Waals surface area contributed by atoms with Crippen LogP contribution in [0.3, 0.4) is 0 Å². The largest absolute Gasteiger partial charge is 0.342 e. The number of aromatic amines is 1. The number of hydrogen-bond acceptors (Lipinski definition) is 2. The minimum Gasteiger partial charge on any atom is -0.342 e. The van der Waals surface area contributed by atoms with E-state index in [9.17, 15) is 0 Å². The van der Waals surface area contributed by atoms with Crippen molar-refractivity contribution in [3.8, 4) is 11.3 Å². The summed E-state index contributed by atoms with van der Waals surface area (Å²) in [7, 11) is 2.19. The molecule has 1 unspecified atom stereocenters. The molecule has 1 aliphatic rings. The molecule has 100 valence electrons. The highest BCUT2D eigenvalue weighted by Crippen LogP contribution is 2.26. The maximum absolute atomic E-state index is 4.59. The second-order valence-electron chi connectivity index (χ2n) is 5.65. The van der Waals surface area contributed by atoms with Crippen LogP contribution in [0, 0.1) is 6.92 Å². The fraction of sp³-hybridized carbons (Fsp3) is 0.438. The normalized spacial score (nSPS) is 20.6. The number of aryl methyl sites for hydroxylation is 1. The standard InChI is InChI=1S/C16H21N3/c1-12-5-7-13(8-6-12)15-10-17-16(18-15)14-4-3-9-19(2)11-14/h5-8,10,14H,3-4,9,11H2,1-2H3,(H,17,18). The maximum atomic E-state index is 4.59. The van der Waals surface area contributed by atoms with Crippen molar-refractivity contribution in [3.05, 3.63) is 41.9 Å². The van der Waals surface area contributed by atoms with Crippen molar-refractivity contribution in [2.24, 2.45) is 0 Å². The highest BCUT2D eigenvalue weighted by atomic mass is 15.1. The highest BCUT2D eigenvalue weighted by Gasteiger charge is 2.21. The van der Waals surface area contributed by atoms with E-state index in [1.807, 2.05) is 6.20 Å². The molecule has 0 spiro atoms. The van der Waals surface area contributed by atoms with Gasteiger partial charge in [0, 0.05) is 12.5 Å².